The Morgan fingerprint density at radius 1 is 0.906 bits per heavy atom. The molecule has 3 aromatic carbocycles. The minimum absolute atomic E-state index is 0.0732. The fourth-order valence-electron chi connectivity index (χ4n) is 4.09. The predicted molar refractivity (Wildman–Crippen MR) is 122 cm³/mol. The van der Waals surface area contributed by atoms with Crippen molar-refractivity contribution in [3.05, 3.63) is 90.5 Å². The zero-order valence-electron chi connectivity index (χ0n) is 17.1. The van der Waals surface area contributed by atoms with Crippen molar-refractivity contribution in [3.63, 3.8) is 0 Å². The summed E-state index contributed by atoms with van der Waals surface area (Å²) in [6.07, 6.45) is 5.92. The molecule has 2 aromatic heterocycles. The molecule has 0 aliphatic carbocycles. The fraction of sp³-hybridized carbons (Fsp3) is 0.0800. The van der Waals surface area contributed by atoms with E-state index in [9.17, 15) is 9.59 Å². The maximum Gasteiger partial charge on any atom is 0.303 e. The number of amides is 1. The lowest BCUT2D eigenvalue weighted by Crippen LogP contribution is -2.10. The molecule has 7 nitrogen and oxygen atoms in total. The van der Waals surface area contributed by atoms with Crippen molar-refractivity contribution in [1.82, 2.24) is 14.1 Å². The first-order valence-electron chi connectivity index (χ1n) is 10.2. The number of nitrogens with zero attached hydrogens (tertiary/aromatic N) is 3. The van der Waals surface area contributed by atoms with Gasteiger partial charge < -0.3 is 20.0 Å². The van der Waals surface area contributed by atoms with Gasteiger partial charge in [0.15, 0.2) is 0 Å². The second-order valence-corrected chi connectivity index (χ2v) is 7.66. The Morgan fingerprint density at radius 2 is 1.69 bits per heavy atom. The molecule has 2 heterocycles. The summed E-state index contributed by atoms with van der Waals surface area (Å²) >= 11 is 0. The van der Waals surface area contributed by atoms with Gasteiger partial charge in [0.1, 0.15) is 0 Å². The van der Waals surface area contributed by atoms with Crippen molar-refractivity contribution in [2.75, 3.05) is 0 Å². The number of carboxylic acids is 1. The van der Waals surface area contributed by atoms with Crippen LogP contribution in [0.3, 0.4) is 0 Å². The van der Waals surface area contributed by atoms with E-state index in [0.717, 1.165) is 38.7 Å². The van der Waals surface area contributed by atoms with Gasteiger partial charge in [-0.05, 0) is 60.5 Å². The normalized spacial score (nSPS) is 11.2. The van der Waals surface area contributed by atoms with Crippen LogP contribution in [0, 0.1) is 0 Å². The van der Waals surface area contributed by atoms with Crippen LogP contribution in [0.2, 0.25) is 0 Å². The van der Waals surface area contributed by atoms with E-state index in [-0.39, 0.29) is 6.42 Å². The number of hydrogen-bond acceptors (Lipinski definition) is 3. The Kier molecular flexibility index (Phi) is 4.71. The number of aromatic nitrogens is 3. The molecule has 5 rings (SSSR count). The zero-order valence-corrected chi connectivity index (χ0v) is 17.1. The molecule has 32 heavy (non-hydrogen) atoms. The van der Waals surface area contributed by atoms with E-state index in [4.69, 9.17) is 10.8 Å². The summed E-state index contributed by atoms with van der Waals surface area (Å²) in [5, 5.41) is 11.2. The minimum atomic E-state index is -0.822. The number of carbonyl (C=O) groups excluding carboxylic acids is 1. The van der Waals surface area contributed by atoms with Crippen molar-refractivity contribution in [3.8, 4) is 11.4 Å². The number of imidazole rings is 1. The molecule has 0 aliphatic heterocycles. The topological polar surface area (TPSA) is 103 Å². The molecule has 0 aliphatic rings. The van der Waals surface area contributed by atoms with Crippen LogP contribution in [0.5, 0.6) is 0 Å². The van der Waals surface area contributed by atoms with Crippen LogP contribution in [0.15, 0.2) is 79.4 Å². The molecular weight excluding hydrogens is 404 g/mol. The Bertz CT molecular complexity index is 1470. The lowest BCUT2D eigenvalue weighted by atomic mass is 10.1. The number of carbonyl (C=O) groups is 2. The number of nitrogens with two attached hydrogens (primary N) is 1. The first-order valence-corrected chi connectivity index (χ1v) is 10.2. The Morgan fingerprint density at radius 3 is 2.38 bits per heavy atom. The van der Waals surface area contributed by atoms with E-state index in [1.165, 1.54) is 0 Å². The molecule has 0 bridgehead atoms. The molecule has 158 valence electrons. The molecule has 0 saturated carbocycles. The van der Waals surface area contributed by atoms with Crippen LogP contribution in [0.1, 0.15) is 22.3 Å². The number of benzene rings is 3. The van der Waals surface area contributed by atoms with Gasteiger partial charge in [0, 0.05) is 46.5 Å². The predicted octanol–water partition coefficient (Wildman–Crippen LogP) is 4.09. The lowest BCUT2D eigenvalue weighted by Gasteiger charge is -2.10. The van der Waals surface area contributed by atoms with Crippen LogP contribution in [0.25, 0.3) is 33.2 Å². The number of carboxylic acid groups (broad SMARTS) is 1. The van der Waals surface area contributed by atoms with E-state index in [1.807, 2.05) is 47.2 Å². The first kappa shape index (κ1) is 19.6. The van der Waals surface area contributed by atoms with Crippen molar-refractivity contribution < 1.29 is 14.7 Å². The van der Waals surface area contributed by atoms with Crippen LogP contribution in [0.4, 0.5) is 0 Å². The van der Waals surface area contributed by atoms with Crippen LogP contribution in [-0.2, 0) is 11.2 Å². The minimum Gasteiger partial charge on any atom is -0.481 e. The molecule has 7 heteroatoms. The molecule has 0 fully saturated rings. The first-order chi connectivity index (χ1) is 15.5. The van der Waals surface area contributed by atoms with E-state index in [2.05, 4.69) is 21.7 Å². The van der Waals surface area contributed by atoms with Gasteiger partial charge in [0.05, 0.1) is 17.4 Å². The highest BCUT2D eigenvalue weighted by molar-refractivity contribution is 6.10. The monoisotopic (exact) mass is 424 g/mol. The number of aryl methyl sites for hydroxylation is 1. The van der Waals surface area contributed by atoms with Crippen LogP contribution < -0.4 is 5.73 Å². The summed E-state index contributed by atoms with van der Waals surface area (Å²) in [6.45, 7) is 0. The summed E-state index contributed by atoms with van der Waals surface area (Å²) in [5.41, 5.74) is 10.7. The molecule has 0 saturated heterocycles. The third kappa shape index (κ3) is 3.39. The highest BCUT2D eigenvalue weighted by Crippen LogP contribution is 2.34. The van der Waals surface area contributed by atoms with Crippen molar-refractivity contribution in [1.29, 1.82) is 0 Å². The highest BCUT2D eigenvalue weighted by atomic mass is 16.4. The molecule has 1 amide bonds. The smallest absolute Gasteiger partial charge is 0.303 e. The molecular formula is C25H20N4O3. The van der Waals surface area contributed by atoms with E-state index < -0.39 is 11.9 Å². The maximum absolute atomic E-state index is 11.5. The Balaban J connectivity index is 1.74. The molecule has 5 aromatic rings. The Hall–Kier alpha value is -4.39. The van der Waals surface area contributed by atoms with E-state index in [0.29, 0.717) is 12.0 Å². The summed E-state index contributed by atoms with van der Waals surface area (Å²) < 4.78 is 4.07. The SMILES string of the molecule is NC(=O)c1ccc(-n2c3ccc(-n4ccnc4)cc3c3ccc(CCC(=O)O)cc32)cc1. The van der Waals surface area contributed by atoms with Crippen molar-refractivity contribution in [2.45, 2.75) is 12.8 Å². The van der Waals surface area contributed by atoms with Gasteiger partial charge >= 0.3 is 5.97 Å². The van der Waals surface area contributed by atoms with Crippen LogP contribution >= 0.6 is 0 Å². The van der Waals surface area contributed by atoms with Crippen LogP contribution in [-0.4, -0.2) is 31.1 Å². The summed E-state index contributed by atoms with van der Waals surface area (Å²) in [5.74, 6) is -1.29. The number of aliphatic carboxylic acids is 1. The van der Waals surface area contributed by atoms with E-state index >= 15 is 0 Å². The maximum atomic E-state index is 11.5. The van der Waals surface area contributed by atoms with Gasteiger partial charge in [-0.2, -0.15) is 0 Å². The van der Waals surface area contributed by atoms with Gasteiger partial charge in [-0.1, -0.05) is 12.1 Å². The third-order valence-electron chi connectivity index (χ3n) is 5.65. The number of primary amides is 1. The van der Waals surface area contributed by atoms with E-state index in [1.54, 1.807) is 24.7 Å². The number of fused-ring (bicyclic) bond motifs is 3. The number of hydrogen-bond donors (Lipinski definition) is 2. The van der Waals surface area contributed by atoms with Gasteiger partial charge in [-0.3, -0.25) is 9.59 Å². The number of rotatable bonds is 6. The Labute approximate surface area is 183 Å². The standard InChI is InChI=1S/C25H20N4O3/c26-25(32)17-3-5-18(6-4-17)29-22-9-7-19(28-12-11-27-15-28)14-21(22)20-8-1-16(13-23(20)29)2-10-24(30)31/h1,3-9,11-15H,2,10H2,(H2,26,32)(H,30,31). The van der Waals surface area contributed by atoms with Gasteiger partial charge in [-0.25, -0.2) is 4.98 Å². The lowest BCUT2D eigenvalue weighted by molar-refractivity contribution is -0.136. The molecule has 3 N–H and O–H groups in total. The second-order valence-electron chi connectivity index (χ2n) is 7.66. The quantitative estimate of drug-likeness (QED) is 0.429. The average molecular weight is 424 g/mol. The summed E-state index contributed by atoms with van der Waals surface area (Å²) in [4.78, 5) is 26.7. The molecule has 0 radical (unpaired) electrons. The van der Waals surface area contributed by atoms with Crippen molar-refractivity contribution in [2.24, 2.45) is 5.73 Å². The average Bonchev–Trinajstić information content (AvgIpc) is 3.43. The second kappa shape index (κ2) is 7.70. The summed E-state index contributed by atoms with van der Waals surface area (Å²) in [7, 11) is 0. The van der Waals surface area contributed by atoms with Gasteiger partial charge in [-0.15, -0.1) is 0 Å². The summed E-state index contributed by atoms with van der Waals surface area (Å²) in [6, 6.07) is 19.4. The third-order valence-corrected chi connectivity index (χ3v) is 5.65. The highest BCUT2D eigenvalue weighted by Gasteiger charge is 2.15. The molecule has 0 spiro atoms. The molecule has 0 unspecified atom stereocenters. The van der Waals surface area contributed by atoms with Crippen molar-refractivity contribution >= 4 is 33.7 Å². The molecule has 0 atom stereocenters. The fourth-order valence-corrected chi connectivity index (χ4v) is 4.09. The van der Waals surface area contributed by atoms with Gasteiger partial charge in [0.2, 0.25) is 5.91 Å². The largest absolute Gasteiger partial charge is 0.481 e. The zero-order chi connectivity index (χ0) is 22.2. The van der Waals surface area contributed by atoms with Gasteiger partial charge in [0.25, 0.3) is 0 Å².